The lowest BCUT2D eigenvalue weighted by atomic mass is 10.3. The molecule has 0 atom stereocenters. The monoisotopic (exact) mass is 464 g/mol. The molecule has 0 saturated heterocycles. The minimum Gasteiger partial charge on any atom is -0.294 e. The summed E-state index contributed by atoms with van der Waals surface area (Å²) in [6.45, 7) is 0. The van der Waals surface area contributed by atoms with Crippen molar-refractivity contribution in [1.29, 1.82) is 0 Å². The predicted molar refractivity (Wildman–Crippen MR) is 140 cm³/mol. The van der Waals surface area contributed by atoms with E-state index < -0.39 is 15.8 Å². The lowest BCUT2D eigenvalue weighted by Crippen LogP contribution is -2.18. The second kappa shape index (κ2) is 9.75. The highest BCUT2D eigenvalue weighted by molar-refractivity contribution is 7.82. The first-order chi connectivity index (χ1) is 16.2. The van der Waals surface area contributed by atoms with Crippen molar-refractivity contribution in [3.8, 4) is 0 Å². The molecule has 0 aromatic heterocycles. The Labute approximate surface area is 196 Å². The van der Waals surface area contributed by atoms with Crippen LogP contribution < -0.4 is 21.2 Å². The molecule has 0 saturated carbocycles. The summed E-state index contributed by atoms with van der Waals surface area (Å²) in [6, 6.07) is 40.6. The maximum Gasteiger partial charge on any atom is 0.172 e. The summed E-state index contributed by atoms with van der Waals surface area (Å²) in [5.74, 6) is -0.0682. The number of carbonyl (C=O) groups is 2. The van der Waals surface area contributed by atoms with Crippen molar-refractivity contribution in [3.05, 3.63) is 132 Å². The van der Waals surface area contributed by atoms with Crippen molar-refractivity contribution >= 4 is 48.6 Å². The van der Waals surface area contributed by atoms with Gasteiger partial charge in [0.2, 0.25) is 0 Å². The van der Waals surface area contributed by atoms with E-state index in [9.17, 15) is 9.59 Å². The van der Waals surface area contributed by atoms with Crippen LogP contribution in [0.2, 0.25) is 0 Å². The number of carbonyl (C=O) groups excluding carboxylic acids is 2. The molecule has 4 aromatic carbocycles. The minimum atomic E-state index is -1.15. The fourth-order valence-electron chi connectivity index (χ4n) is 4.16. The van der Waals surface area contributed by atoms with E-state index in [1.165, 1.54) is 0 Å². The van der Waals surface area contributed by atoms with Crippen molar-refractivity contribution in [2.24, 2.45) is 0 Å². The summed E-state index contributed by atoms with van der Waals surface area (Å²) >= 11 is 0. The molecule has 0 aliphatic heterocycles. The Kier molecular flexibility index (Phi) is 6.40. The van der Waals surface area contributed by atoms with Crippen LogP contribution in [0.5, 0.6) is 0 Å². The van der Waals surface area contributed by atoms with Crippen molar-refractivity contribution in [3.63, 3.8) is 0 Å². The van der Waals surface area contributed by atoms with Gasteiger partial charge in [-0.15, -0.1) is 0 Å². The van der Waals surface area contributed by atoms with Crippen LogP contribution in [0.15, 0.2) is 132 Å². The van der Waals surface area contributed by atoms with Gasteiger partial charge in [-0.25, -0.2) is 0 Å². The zero-order valence-electron chi connectivity index (χ0n) is 18.0. The molecule has 0 spiro atoms. The van der Waals surface area contributed by atoms with E-state index in [1.807, 2.05) is 72.8 Å². The first-order valence-corrected chi connectivity index (χ1v) is 13.5. The van der Waals surface area contributed by atoms with E-state index in [1.54, 1.807) is 0 Å². The van der Waals surface area contributed by atoms with Crippen LogP contribution in [0.1, 0.15) is 6.42 Å². The summed E-state index contributed by atoms with van der Waals surface area (Å²) in [6.07, 6.45) is -0.0400. The third-order valence-electron chi connectivity index (χ3n) is 5.58. The van der Waals surface area contributed by atoms with Crippen molar-refractivity contribution in [2.75, 3.05) is 0 Å². The molecule has 0 bridgehead atoms. The molecule has 33 heavy (non-hydrogen) atoms. The van der Waals surface area contributed by atoms with Crippen LogP contribution in [0.3, 0.4) is 0 Å². The molecule has 160 valence electrons. The van der Waals surface area contributed by atoms with Gasteiger partial charge in [0.25, 0.3) is 0 Å². The molecule has 1 aliphatic rings. The lowest BCUT2D eigenvalue weighted by molar-refractivity contribution is -0.120. The number of Topliss-reactive ketones (excluding diaryl/α,β-unsaturated/α-hetero) is 2. The normalized spacial score (nSPS) is 13.9. The molecule has 0 radical (unpaired) electrons. The molecule has 2 nitrogen and oxygen atoms in total. The summed E-state index contributed by atoms with van der Waals surface area (Å²) < 4.78 is 0. The molecular weight excluding hydrogens is 442 g/mol. The molecule has 4 aromatic rings. The summed E-state index contributed by atoms with van der Waals surface area (Å²) in [4.78, 5) is 27.0. The molecule has 0 heterocycles. The Hall–Kier alpha value is -3.18. The van der Waals surface area contributed by atoms with Gasteiger partial charge < -0.3 is 0 Å². The van der Waals surface area contributed by atoms with Crippen LogP contribution in [0, 0.1) is 0 Å². The number of hydrogen-bond acceptors (Lipinski definition) is 2. The van der Waals surface area contributed by atoms with E-state index >= 15 is 0 Å². The van der Waals surface area contributed by atoms with Crippen molar-refractivity contribution in [1.82, 2.24) is 0 Å². The first kappa shape index (κ1) is 21.7. The van der Waals surface area contributed by atoms with Crippen molar-refractivity contribution < 1.29 is 9.59 Å². The topological polar surface area (TPSA) is 34.1 Å². The Morgan fingerprint density at radius 3 is 0.879 bits per heavy atom. The Bertz CT molecular complexity index is 1120. The van der Waals surface area contributed by atoms with Gasteiger partial charge in [-0.05, 0) is 37.1 Å². The van der Waals surface area contributed by atoms with Gasteiger partial charge in [0.05, 0.1) is 6.42 Å². The summed E-state index contributed by atoms with van der Waals surface area (Å²) in [5, 5.41) is 5.78. The summed E-state index contributed by atoms with van der Waals surface area (Å²) in [5.41, 5.74) is 0. The van der Waals surface area contributed by atoms with Gasteiger partial charge in [0, 0.05) is 10.6 Å². The number of hydrogen-bond donors (Lipinski definition) is 0. The first-order valence-electron chi connectivity index (χ1n) is 10.8. The zero-order chi connectivity index (χ0) is 22.6. The van der Waals surface area contributed by atoms with Crippen LogP contribution in [-0.2, 0) is 9.59 Å². The molecule has 1 aliphatic carbocycles. The van der Waals surface area contributed by atoms with Gasteiger partial charge in [-0.2, -0.15) is 0 Å². The van der Waals surface area contributed by atoms with E-state index in [0.717, 1.165) is 21.2 Å². The molecule has 0 unspecified atom stereocenters. The van der Waals surface area contributed by atoms with E-state index in [2.05, 4.69) is 48.5 Å². The second-order valence-electron chi connectivity index (χ2n) is 7.73. The van der Waals surface area contributed by atoms with Gasteiger partial charge in [0.1, 0.15) is 0 Å². The maximum absolute atomic E-state index is 13.5. The summed E-state index contributed by atoms with van der Waals surface area (Å²) in [7, 11) is -2.29. The SMILES string of the molecule is O=C1CC(=O)C(P(c2ccccc2)c2ccccc2)=C1P(c1ccccc1)c1ccccc1. The highest BCUT2D eigenvalue weighted by Gasteiger charge is 2.40. The Morgan fingerprint density at radius 1 is 0.394 bits per heavy atom. The zero-order valence-corrected chi connectivity index (χ0v) is 19.8. The smallest absolute Gasteiger partial charge is 0.172 e. The van der Waals surface area contributed by atoms with Gasteiger partial charge >= 0.3 is 0 Å². The van der Waals surface area contributed by atoms with Crippen LogP contribution in [-0.4, -0.2) is 11.6 Å². The number of ketones is 2. The molecule has 5 rings (SSSR count). The third kappa shape index (κ3) is 4.38. The van der Waals surface area contributed by atoms with Gasteiger partial charge in [-0.1, -0.05) is 121 Å². The highest BCUT2D eigenvalue weighted by Crippen LogP contribution is 2.57. The van der Waals surface area contributed by atoms with Crippen LogP contribution >= 0.6 is 15.8 Å². The van der Waals surface area contributed by atoms with Crippen LogP contribution in [0.25, 0.3) is 0 Å². The average molecular weight is 464 g/mol. The number of allylic oxidation sites excluding steroid dienone is 2. The molecule has 0 amide bonds. The van der Waals surface area contributed by atoms with E-state index in [0.29, 0.717) is 10.6 Å². The van der Waals surface area contributed by atoms with E-state index in [-0.39, 0.29) is 18.0 Å². The standard InChI is InChI=1S/C29H22O2P2/c30-26-21-27(31)29(33(24-17-9-3-10-18-24)25-19-11-4-12-20-25)28(26)32(22-13-5-1-6-14-22)23-15-7-2-8-16-23/h1-20H,21H2. The van der Waals surface area contributed by atoms with Gasteiger partial charge in [0.15, 0.2) is 11.6 Å². The highest BCUT2D eigenvalue weighted by atomic mass is 31.1. The minimum absolute atomic E-state index is 0.0341. The average Bonchev–Trinajstić information content (AvgIpc) is 3.15. The largest absolute Gasteiger partial charge is 0.294 e. The fourth-order valence-corrected chi connectivity index (χ4v) is 9.60. The number of benzene rings is 4. The fraction of sp³-hybridized carbons (Fsp3) is 0.0345. The van der Waals surface area contributed by atoms with E-state index in [4.69, 9.17) is 0 Å². The molecule has 0 fully saturated rings. The van der Waals surface area contributed by atoms with Gasteiger partial charge in [-0.3, -0.25) is 9.59 Å². The van der Waals surface area contributed by atoms with Crippen LogP contribution in [0.4, 0.5) is 0 Å². The molecular formula is C29H22O2P2. The Balaban J connectivity index is 1.80. The van der Waals surface area contributed by atoms with Crippen molar-refractivity contribution in [2.45, 2.75) is 6.42 Å². The molecule has 4 heteroatoms. The Morgan fingerprint density at radius 2 is 0.636 bits per heavy atom. The maximum atomic E-state index is 13.5. The quantitative estimate of drug-likeness (QED) is 0.297. The predicted octanol–water partition coefficient (Wildman–Crippen LogP) is 5.01. The number of rotatable bonds is 6. The third-order valence-corrected chi connectivity index (χ3v) is 10.9. The lowest BCUT2D eigenvalue weighted by Gasteiger charge is -2.25. The second-order valence-corrected chi connectivity index (χ2v) is 12.0. The molecule has 0 N–H and O–H groups in total.